The fourth-order valence-corrected chi connectivity index (χ4v) is 1.12. The Kier molecular flexibility index (Phi) is 4.68. The normalized spacial score (nSPS) is 9.75. The third-order valence-corrected chi connectivity index (χ3v) is 1.86. The quantitative estimate of drug-likeness (QED) is 0.574. The molecule has 0 bridgehead atoms. The molecule has 0 fully saturated rings. The zero-order valence-electron chi connectivity index (χ0n) is 6.74. The maximum atomic E-state index is 5.26. The number of hydrogen-bond donors (Lipinski definition) is 0. The number of nitrogens with zero attached hydrogens (tertiary/aromatic N) is 2. The molecule has 66 valence electrons. The molecular formula is C8H11BrN2O. The smallest absolute Gasteiger partial charge is 0.316 e. The van der Waals surface area contributed by atoms with Gasteiger partial charge in [-0.3, -0.25) is 0 Å². The van der Waals surface area contributed by atoms with E-state index in [0.717, 1.165) is 18.2 Å². The number of alkyl halides is 1. The van der Waals surface area contributed by atoms with Crippen molar-refractivity contribution in [3.63, 3.8) is 0 Å². The van der Waals surface area contributed by atoms with Gasteiger partial charge in [-0.2, -0.15) is 0 Å². The summed E-state index contributed by atoms with van der Waals surface area (Å²) < 4.78 is 5.26. The fraction of sp³-hybridized carbons (Fsp3) is 0.500. The average Bonchev–Trinajstić information content (AvgIpc) is 2.14. The van der Waals surface area contributed by atoms with E-state index < -0.39 is 0 Å². The zero-order chi connectivity index (χ0) is 8.65. The molecular weight excluding hydrogens is 220 g/mol. The van der Waals surface area contributed by atoms with Crippen molar-refractivity contribution in [2.45, 2.75) is 12.8 Å². The molecule has 4 heteroatoms. The van der Waals surface area contributed by atoms with E-state index in [4.69, 9.17) is 4.74 Å². The van der Waals surface area contributed by atoms with E-state index in [0.29, 0.717) is 12.6 Å². The van der Waals surface area contributed by atoms with Crippen molar-refractivity contribution in [2.75, 3.05) is 11.9 Å². The Morgan fingerprint density at radius 1 is 1.25 bits per heavy atom. The van der Waals surface area contributed by atoms with Crippen molar-refractivity contribution in [1.29, 1.82) is 0 Å². The molecule has 0 amide bonds. The number of rotatable bonds is 5. The summed E-state index contributed by atoms with van der Waals surface area (Å²) in [6, 6.07) is 2.23. The van der Waals surface area contributed by atoms with Crippen molar-refractivity contribution < 1.29 is 4.74 Å². The molecule has 1 aromatic rings. The Morgan fingerprint density at radius 3 is 2.67 bits per heavy atom. The lowest BCUT2D eigenvalue weighted by atomic mass is 10.4. The first-order valence-electron chi connectivity index (χ1n) is 3.89. The van der Waals surface area contributed by atoms with E-state index in [-0.39, 0.29) is 0 Å². The van der Waals surface area contributed by atoms with Crippen LogP contribution in [-0.2, 0) is 0 Å². The number of hydrogen-bond acceptors (Lipinski definition) is 3. The van der Waals surface area contributed by atoms with Crippen molar-refractivity contribution >= 4 is 15.9 Å². The van der Waals surface area contributed by atoms with Crippen LogP contribution >= 0.6 is 15.9 Å². The number of halogens is 1. The van der Waals surface area contributed by atoms with Gasteiger partial charge in [-0.15, -0.1) is 0 Å². The number of aromatic nitrogens is 2. The summed E-state index contributed by atoms with van der Waals surface area (Å²) >= 11 is 3.35. The van der Waals surface area contributed by atoms with Crippen LogP contribution in [0.5, 0.6) is 6.01 Å². The summed E-state index contributed by atoms with van der Waals surface area (Å²) in [6.07, 6.45) is 5.50. The van der Waals surface area contributed by atoms with E-state index in [1.54, 1.807) is 18.5 Å². The summed E-state index contributed by atoms with van der Waals surface area (Å²) in [5.74, 6) is 0. The van der Waals surface area contributed by atoms with Gasteiger partial charge in [0.1, 0.15) is 0 Å². The maximum Gasteiger partial charge on any atom is 0.316 e. The van der Waals surface area contributed by atoms with Gasteiger partial charge in [-0.25, -0.2) is 9.97 Å². The molecule has 0 radical (unpaired) electrons. The SMILES string of the molecule is BrCCCCOc1ncccn1. The van der Waals surface area contributed by atoms with Gasteiger partial charge in [0, 0.05) is 17.7 Å². The average molecular weight is 231 g/mol. The van der Waals surface area contributed by atoms with Crippen LogP contribution in [-0.4, -0.2) is 21.9 Å². The number of unbranched alkanes of at least 4 members (excludes halogenated alkanes) is 1. The summed E-state index contributed by atoms with van der Waals surface area (Å²) in [5.41, 5.74) is 0. The summed E-state index contributed by atoms with van der Waals surface area (Å²) in [7, 11) is 0. The molecule has 3 nitrogen and oxygen atoms in total. The Morgan fingerprint density at radius 2 is 2.00 bits per heavy atom. The Balaban J connectivity index is 2.16. The van der Waals surface area contributed by atoms with Crippen LogP contribution in [0.2, 0.25) is 0 Å². The van der Waals surface area contributed by atoms with Gasteiger partial charge in [-0.05, 0) is 18.9 Å². The van der Waals surface area contributed by atoms with Gasteiger partial charge < -0.3 is 4.74 Å². The molecule has 0 atom stereocenters. The van der Waals surface area contributed by atoms with Crippen LogP contribution in [0.15, 0.2) is 18.5 Å². The Bertz CT molecular complexity index is 205. The second kappa shape index (κ2) is 5.94. The van der Waals surface area contributed by atoms with Crippen LogP contribution in [0, 0.1) is 0 Å². The summed E-state index contributed by atoms with van der Waals surface area (Å²) in [6.45, 7) is 0.690. The first-order valence-corrected chi connectivity index (χ1v) is 5.01. The zero-order valence-corrected chi connectivity index (χ0v) is 8.33. The highest BCUT2D eigenvalue weighted by Gasteiger charge is 1.93. The van der Waals surface area contributed by atoms with Crippen LogP contribution in [0.25, 0.3) is 0 Å². The highest BCUT2D eigenvalue weighted by molar-refractivity contribution is 9.09. The van der Waals surface area contributed by atoms with E-state index in [9.17, 15) is 0 Å². The second-order valence-electron chi connectivity index (χ2n) is 2.28. The van der Waals surface area contributed by atoms with Gasteiger partial charge in [0.15, 0.2) is 0 Å². The molecule has 1 heterocycles. The van der Waals surface area contributed by atoms with Gasteiger partial charge in [0.25, 0.3) is 0 Å². The first-order chi connectivity index (χ1) is 5.93. The summed E-state index contributed by atoms with van der Waals surface area (Å²) in [5, 5.41) is 1.02. The second-order valence-corrected chi connectivity index (χ2v) is 3.07. The molecule has 0 unspecified atom stereocenters. The van der Waals surface area contributed by atoms with Crippen molar-refractivity contribution in [3.8, 4) is 6.01 Å². The monoisotopic (exact) mass is 230 g/mol. The maximum absolute atomic E-state index is 5.26. The Labute approximate surface area is 80.3 Å². The topological polar surface area (TPSA) is 35.0 Å². The standard InChI is InChI=1S/C8H11BrN2O/c9-4-1-2-7-12-8-10-5-3-6-11-8/h3,5-6H,1-2,4,7H2. The van der Waals surface area contributed by atoms with Crippen molar-refractivity contribution in [3.05, 3.63) is 18.5 Å². The van der Waals surface area contributed by atoms with E-state index in [1.807, 2.05) is 0 Å². The van der Waals surface area contributed by atoms with Gasteiger partial charge in [0.2, 0.25) is 0 Å². The van der Waals surface area contributed by atoms with Crippen molar-refractivity contribution in [2.24, 2.45) is 0 Å². The lowest BCUT2D eigenvalue weighted by Gasteiger charge is -2.01. The van der Waals surface area contributed by atoms with Crippen molar-refractivity contribution in [1.82, 2.24) is 9.97 Å². The van der Waals surface area contributed by atoms with Crippen LogP contribution in [0.4, 0.5) is 0 Å². The van der Waals surface area contributed by atoms with E-state index in [2.05, 4.69) is 25.9 Å². The molecule has 0 saturated heterocycles. The molecule has 0 spiro atoms. The van der Waals surface area contributed by atoms with E-state index in [1.165, 1.54) is 0 Å². The predicted molar refractivity (Wildman–Crippen MR) is 50.6 cm³/mol. The first kappa shape index (κ1) is 9.45. The molecule has 12 heavy (non-hydrogen) atoms. The minimum Gasteiger partial charge on any atom is -0.463 e. The molecule has 0 aliphatic heterocycles. The van der Waals surface area contributed by atoms with Gasteiger partial charge in [0.05, 0.1) is 6.61 Å². The molecule has 0 N–H and O–H groups in total. The van der Waals surface area contributed by atoms with Crippen LogP contribution < -0.4 is 4.74 Å². The minimum atomic E-state index is 0.465. The third-order valence-electron chi connectivity index (χ3n) is 1.30. The highest BCUT2D eigenvalue weighted by atomic mass is 79.9. The lowest BCUT2D eigenvalue weighted by molar-refractivity contribution is 0.286. The third kappa shape index (κ3) is 3.67. The molecule has 0 saturated carbocycles. The summed E-state index contributed by atoms with van der Waals surface area (Å²) in [4.78, 5) is 7.86. The molecule has 0 aromatic carbocycles. The molecule has 0 aliphatic carbocycles. The Hall–Kier alpha value is -0.640. The van der Waals surface area contributed by atoms with Crippen LogP contribution in [0.3, 0.4) is 0 Å². The van der Waals surface area contributed by atoms with Gasteiger partial charge in [-0.1, -0.05) is 15.9 Å². The lowest BCUT2D eigenvalue weighted by Crippen LogP contribution is -2.00. The van der Waals surface area contributed by atoms with Crippen LogP contribution in [0.1, 0.15) is 12.8 Å². The largest absolute Gasteiger partial charge is 0.463 e. The van der Waals surface area contributed by atoms with Gasteiger partial charge >= 0.3 is 6.01 Å². The van der Waals surface area contributed by atoms with E-state index >= 15 is 0 Å². The fourth-order valence-electron chi connectivity index (χ4n) is 0.720. The number of ether oxygens (including phenoxy) is 1. The predicted octanol–water partition coefficient (Wildman–Crippen LogP) is 2.03. The molecule has 1 aromatic heterocycles. The minimum absolute atomic E-state index is 0.465. The molecule has 1 rings (SSSR count). The highest BCUT2D eigenvalue weighted by Crippen LogP contribution is 2.00. The molecule has 0 aliphatic rings.